The van der Waals surface area contributed by atoms with Crippen LogP contribution in [0.15, 0.2) is 18.2 Å². The van der Waals surface area contributed by atoms with Gasteiger partial charge in [-0.25, -0.2) is 0 Å². The highest BCUT2D eigenvalue weighted by Crippen LogP contribution is 2.23. The molecule has 1 heterocycles. The molecular formula is C16H28N4O. The first-order valence-electron chi connectivity index (χ1n) is 7.60. The van der Waals surface area contributed by atoms with Crippen LogP contribution >= 0.6 is 0 Å². The molecule has 2 rings (SSSR count). The maximum atomic E-state index is 5.89. The smallest absolute Gasteiger partial charge is 0.123 e. The van der Waals surface area contributed by atoms with E-state index in [1.807, 2.05) is 18.2 Å². The number of hydrogen-bond donors (Lipinski definition) is 1. The first kappa shape index (κ1) is 16.1. The molecule has 1 aromatic carbocycles. The summed E-state index contributed by atoms with van der Waals surface area (Å²) in [5.41, 5.74) is 7.87. The fourth-order valence-corrected chi connectivity index (χ4v) is 2.68. The van der Waals surface area contributed by atoms with Crippen molar-refractivity contribution in [2.45, 2.75) is 6.54 Å². The number of methoxy groups -OCH3 is 1. The van der Waals surface area contributed by atoms with Gasteiger partial charge < -0.3 is 15.4 Å². The van der Waals surface area contributed by atoms with Crippen LogP contribution in [0.3, 0.4) is 0 Å². The van der Waals surface area contributed by atoms with Crippen molar-refractivity contribution in [2.75, 3.05) is 66.2 Å². The number of nitrogens with zero attached hydrogens (tertiary/aromatic N) is 3. The van der Waals surface area contributed by atoms with E-state index in [2.05, 4.69) is 28.8 Å². The second kappa shape index (κ2) is 7.64. The van der Waals surface area contributed by atoms with Gasteiger partial charge >= 0.3 is 0 Å². The summed E-state index contributed by atoms with van der Waals surface area (Å²) in [4.78, 5) is 7.25. The van der Waals surface area contributed by atoms with E-state index in [1.54, 1.807) is 7.11 Å². The summed E-state index contributed by atoms with van der Waals surface area (Å²) in [5, 5.41) is 0. The molecule has 5 nitrogen and oxygen atoms in total. The Kier molecular flexibility index (Phi) is 5.85. The Bertz CT molecular complexity index is 442. The number of nitrogens with two attached hydrogens (primary N) is 1. The molecule has 0 spiro atoms. The number of likely N-dealkylation sites (N-methyl/N-ethyl adjacent to an activating group) is 1. The fraction of sp³-hybridized carbons (Fsp3) is 0.625. The standard InChI is InChI=1S/C16H28N4O/c1-18(2)6-7-19-8-10-20(11-9-19)13-14-12-15(17)4-5-16(14)21-3/h4-5,12H,6-11,13,17H2,1-3H3. The molecule has 0 unspecified atom stereocenters. The number of anilines is 1. The van der Waals surface area contributed by atoms with Crippen LogP contribution in [-0.4, -0.2) is 75.2 Å². The van der Waals surface area contributed by atoms with E-state index < -0.39 is 0 Å². The second-order valence-corrected chi connectivity index (χ2v) is 5.99. The van der Waals surface area contributed by atoms with Crippen molar-refractivity contribution in [1.82, 2.24) is 14.7 Å². The number of ether oxygens (including phenoxy) is 1. The van der Waals surface area contributed by atoms with Crippen LogP contribution in [0.2, 0.25) is 0 Å². The molecule has 1 aliphatic rings. The molecule has 5 heteroatoms. The summed E-state index contributed by atoms with van der Waals surface area (Å²) < 4.78 is 5.43. The predicted octanol–water partition coefficient (Wildman–Crippen LogP) is 0.957. The summed E-state index contributed by atoms with van der Waals surface area (Å²) >= 11 is 0. The van der Waals surface area contributed by atoms with E-state index in [9.17, 15) is 0 Å². The van der Waals surface area contributed by atoms with Gasteiger partial charge in [0.2, 0.25) is 0 Å². The van der Waals surface area contributed by atoms with E-state index in [0.717, 1.165) is 57.3 Å². The van der Waals surface area contributed by atoms with Gasteiger partial charge in [-0.1, -0.05) is 0 Å². The molecule has 0 bridgehead atoms. The lowest BCUT2D eigenvalue weighted by Crippen LogP contribution is -2.47. The van der Waals surface area contributed by atoms with Crippen LogP contribution in [0.5, 0.6) is 5.75 Å². The Morgan fingerprint density at radius 1 is 1.14 bits per heavy atom. The zero-order valence-electron chi connectivity index (χ0n) is 13.5. The van der Waals surface area contributed by atoms with Gasteiger partial charge in [-0.3, -0.25) is 9.80 Å². The summed E-state index contributed by atoms with van der Waals surface area (Å²) in [6, 6.07) is 5.87. The Labute approximate surface area is 128 Å². The normalized spacial score (nSPS) is 17.3. The van der Waals surface area contributed by atoms with Crippen LogP contribution < -0.4 is 10.5 Å². The summed E-state index contributed by atoms with van der Waals surface area (Å²) in [6.07, 6.45) is 0. The molecule has 2 N–H and O–H groups in total. The van der Waals surface area contributed by atoms with E-state index in [1.165, 1.54) is 5.56 Å². The first-order chi connectivity index (χ1) is 10.1. The number of piperazine rings is 1. The van der Waals surface area contributed by atoms with E-state index in [0.29, 0.717) is 0 Å². The molecular weight excluding hydrogens is 264 g/mol. The highest BCUT2D eigenvalue weighted by Gasteiger charge is 2.18. The van der Waals surface area contributed by atoms with Crippen LogP contribution in [0.25, 0.3) is 0 Å². The second-order valence-electron chi connectivity index (χ2n) is 5.99. The molecule has 0 radical (unpaired) electrons. The molecule has 1 aromatic rings. The van der Waals surface area contributed by atoms with Crippen LogP contribution in [0.4, 0.5) is 5.69 Å². The average molecular weight is 292 g/mol. The number of rotatable bonds is 6. The Balaban J connectivity index is 1.84. The largest absolute Gasteiger partial charge is 0.496 e. The molecule has 118 valence electrons. The minimum atomic E-state index is 0.801. The monoisotopic (exact) mass is 292 g/mol. The SMILES string of the molecule is COc1ccc(N)cc1CN1CCN(CCN(C)C)CC1. The highest BCUT2D eigenvalue weighted by atomic mass is 16.5. The molecule has 1 fully saturated rings. The summed E-state index contributed by atoms with van der Waals surface area (Å²) in [5.74, 6) is 0.930. The molecule has 1 saturated heterocycles. The topological polar surface area (TPSA) is 45.0 Å². The quantitative estimate of drug-likeness (QED) is 0.791. The molecule has 0 atom stereocenters. The van der Waals surface area contributed by atoms with Gasteiger partial charge in [-0.2, -0.15) is 0 Å². The van der Waals surface area contributed by atoms with Crippen molar-refractivity contribution in [2.24, 2.45) is 0 Å². The molecule has 0 amide bonds. The summed E-state index contributed by atoms with van der Waals surface area (Å²) in [7, 11) is 5.97. The van der Waals surface area contributed by atoms with Crippen LogP contribution in [0, 0.1) is 0 Å². The highest BCUT2D eigenvalue weighted by molar-refractivity contribution is 5.47. The van der Waals surface area contributed by atoms with Gasteiger partial charge in [0.15, 0.2) is 0 Å². The van der Waals surface area contributed by atoms with Crippen molar-refractivity contribution in [3.63, 3.8) is 0 Å². The number of nitrogen functional groups attached to an aromatic ring is 1. The minimum absolute atomic E-state index is 0.801. The van der Waals surface area contributed by atoms with Gasteiger partial charge in [-0.15, -0.1) is 0 Å². The van der Waals surface area contributed by atoms with Gasteiger partial charge in [0.05, 0.1) is 7.11 Å². The fourth-order valence-electron chi connectivity index (χ4n) is 2.68. The van der Waals surface area contributed by atoms with Gasteiger partial charge in [0.1, 0.15) is 5.75 Å². The molecule has 0 aromatic heterocycles. The van der Waals surface area contributed by atoms with E-state index >= 15 is 0 Å². The Hall–Kier alpha value is -1.30. The maximum absolute atomic E-state index is 5.89. The number of benzene rings is 1. The lowest BCUT2D eigenvalue weighted by molar-refractivity contribution is 0.120. The van der Waals surface area contributed by atoms with Crippen LogP contribution in [0.1, 0.15) is 5.56 Å². The van der Waals surface area contributed by atoms with Gasteiger partial charge in [0.25, 0.3) is 0 Å². The minimum Gasteiger partial charge on any atom is -0.496 e. The van der Waals surface area contributed by atoms with Gasteiger partial charge in [0, 0.05) is 57.1 Å². The zero-order valence-corrected chi connectivity index (χ0v) is 13.5. The lowest BCUT2D eigenvalue weighted by Gasteiger charge is -2.35. The third-order valence-electron chi connectivity index (χ3n) is 4.03. The summed E-state index contributed by atoms with van der Waals surface area (Å²) in [6.45, 7) is 7.68. The van der Waals surface area contributed by atoms with Crippen molar-refractivity contribution >= 4 is 5.69 Å². The zero-order chi connectivity index (χ0) is 15.2. The van der Waals surface area contributed by atoms with Crippen molar-refractivity contribution in [1.29, 1.82) is 0 Å². The van der Waals surface area contributed by atoms with Crippen LogP contribution in [-0.2, 0) is 6.54 Å². The molecule has 0 saturated carbocycles. The van der Waals surface area contributed by atoms with E-state index in [4.69, 9.17) is 10.5 Å². The Morgan fingerprint density at radius 3 is 2.43 bits per heavy atom. The number of hydrogen-bond acceptors (Lipinski definition) is 5. The first-order valence-corrected chi connectivity index (χ1v) is 7.60. The maximum Gasteiger partial charge on any atom is 0.123 e. The average Bonchev–Trinajstić information content (AvgIpc) is 2.47. The lowest BCUT2D eigenvalue weighted by atomic mass is 10.1. The third-order valence-corrected chi connectivity index (χ3v) is 4.03. The predicted molar refractivity (Wildman–Crippen MR) is 87.7 cm³/mol. The van der Waals surface area contributed by atoms with E-state index in [-0.39, 0.29) is 0 Å². The van der Waals surface area contributed by atoms with Gasteiger partial charge in [-0.05, 0) is 32.3 Å². The van der Waals surface area contributed by atoms with Crippen molar-refractivity contribution in [3.8, 4) is 5.75 Å². The molecule has 1 aliphatic heterocycles. The Morgan fingerprint density at radius 2 is 1.81 bits per heavy atom. The van der Waals surface area contributed by atoms with Crippen molar-refractivity contribution < 1.29 is 4.74 Å². The third kappa shape index (κ3) is 4.88. The van der Waals surface area contributed by atoms with Crippen molar-refractivity contribution in [3.05, 3.63) is 23.8 Å². The molecule has 0 aliphatic carbocycles. The molecule has 21 heavy (non-hydrogen) atoms.